The standard InChI is InChI=1S/C9H17N3O/c1-5-12(7-6-10)8(13)11-9(2,3)4/h5,7H2,1-4H3,(H,11,13). The zero-order chi connectivity index (χ0) is 10.5. The molecular weight excluding hydrogens is 166 g/mol. The lowest BCUT2D eigenvalue weighted by molar-refractivity contribution is 0.197. The third-order valence-corrected chi connectivity index (χ3v) is 1.41. The fraction of sp³-hybridized carbons (Fsp3) is 0.778. The van der Waals surface area contributed by atoms with Crippen LogP contribution in [0.5, 0.6) is 0 Å². The molecule has 4 heteroatoms. The summed E-state index contributed by atoms with van der Waals surface area (Å²) in [6.45, 7) is 8.26. The number of urea groups is 1. The summed E-state index contributed by atoms with van der Waals surface area (Å²) in [6, 6.07) is 1.77. The summed E-state index contributed by atoms with van der Waals surface area (Å²) < 4.78 is 0. The molecule has 0 aromatic heterocycles. The molecule has 0 bridgehead atoms. The highest BCUT2D eigenvalue weighted by molar-refractivity contribution is 5.75. The molecule has 0 rings (SSSR count). The van der Waals surface area contributed by atoms with E-state index in [4.69, 9.17) is 5.26 Å². The van der Waals surface area contributed by atoms with Crippen molar-refractivity contribution in [2.45, 2.75) is 33.2 Å². The Kier molecular flexibility index (Phi) is 4.26. The first-order valence-electron chi connectivity index (χ1n) is 4.34. The molecule has 0 saturated heterocycles. The number of nitrogens with zero attached hydrogens (tertiary/aromatic N) is 2. The van der Waals surface area contributed by atoms with Gasteiger partial charge in [0.15, 0.2) is 0 Å². The van der Waals surface area contributed by atoms with Crippen LogP contribution in [0.2, 0.25) is 0 Å². The minimum Gasteiger partial charge on any atom is -0.333 e. The molecule has 2 amide bonds. The Morgan fingerprint density at radius 2 is 2.08 bits per heavy atom. The number of carbonyl (C=O) groups excluding carboxylic acids is 1. The molecule has 0 aliphatic heterocycles. The van der Waals surface area contributed by atoms with E-state index in [1.165, 1.54) is 4.90 Å². The molecule has 0 aliphatic rings. The van der Waals surface area contributed by atoms with Crippen LogP contribution in [-0.2, 0) is 0 Å². The van der Waals surface area contributed by atoms with E-state index in [9.17, 15) is 4.79 Å². The quantitative estimate of drug-likeness (QED) is 0.657. The van der Waals surface area contributed by atoms with Crippen molar-refractivity contribution >= 4 is 6.03 Å². The fourth-order valence-corrected chi connectivity index (χ4v) is 0.812. The zero-order valence-electron chi connectivity index (χ0n) is 8.72. The molecule has 0 spiro atoms. The van der Waals surface area contributed by atoms with E-state index in [0.29, 0.717) is 6.54 Å². The van der Waals surface area contributed by atoms with Gasteiger partial charge in [-0.3, -0.25) is 0 Å². The van der Waals surface area contributed by atoms with Gasteiger partial charge < -0.3 is 10.2 Å². The Labute approximate surface area is 79.5 Å². The highest BCUT2D eigenvalue weighted by Gasteiger charge is 2.17. The molecule has 0 heterocycles. The molecule has 4 nitrogen and oxygen atoms in total. The normalized spacial score (nSPS) is 10.4. The van der Waals surface area contributed by atoms with E-state index in [1.54, 1.807) is 0 Å². The molecular formula is C9H17N3O. The van der Waals surface area contributed by atoms with Crippen LogP contribution in [-0.4, -0.2) is 29.6 Å². The number of carbonyl (C=O) groups is 1. The highest BCUT2D eigenvalue weighted by atomic mass is 16.2. The highest BCUT2D eigenvalue weighted by Crippen LogP contribution is 2.00. The minimum absolute atomic E-state index is 0.137. The minimum atomic E-state index is -0.250. The van der Waals surface area contributed by atoms with E-state index >= 15 is 0 Å². The van der Waals surface area contributed by atoms with Crippen molar-refractivity contribution in [2.75, 3.05) is 13.1 Å². The summed E-state index contributed by atoms with van der Waals surface area (Å²) >= 11 is 0. The first kappa shape index (κ1) is 11.8. The SMILES string of the molecule is CCN(CC#N)C(=O)NC(C)(C)C. The van der Waals surface area contributed by atoms with Gasteiger partial charge in [-0.1, -0.05) is 0 Å². The molecule has 0 aliphatic carbocycles. The van der Waals surface area contributed by atoms with E-state index in [-0.39, 0.29) is 18.1 Å². The summed E-state index contributed by atoms with van der Waals surface area (Å²) in [4.78, 5) is 12.9. The van der Waals surface area contributed by atoms with Gasteiger partial charge in [-0.05, 0) is 27.7 Å². The van der Waals surface area contributed by atoms with Crippen molar-refractivity contribution < 1.29 is 4.79 Å². The van der Waals surface area contributed by atoms with Gasteiger partial charge in [0, 0.05) is 12.1 Å². The molecule has 0 saturated carbocycles. The van der Waals surface area contributed by atoms with Gasteiger partial charge in [0.2, 0.25) is 0 Å². The Hall–Kier alpha value is -1.24. The maximum Gasteiger partial charge on any atom is 0.318 e. The first-order valence-corrected chi connectivity index (χ1v) is 4.34. The van der Waals surface area contributed by atoms with Crippen molar-refractivity contribution in [3.63, 3.8) is 0 Å². The number of hydrogen-bond donors (Lipinski definition) is 1. The maximum atomic E-state index is 11.4. The topological polar surface area (TPSA) is 56.1 Å². The van der Waals surface area contributed by atoms with E-state index in [2.05, 4.69) is 5.32 Å². The summed E-state index contributed by atoms with van der Waals surface area (Å²) in [7, 11) is 0. The zero-order valence-corrected chi connectivity index (χ0v) is 8.72. The molecule has 0 radical (unpaired) electrons. The van der Waals surface area contributed by atoms with E-state index in [0.717, 1.165) is 0 Å². The molecule has 0 aromatic rings. The smallest absolute Gasteiger partial charge is 0.318 e. The summed E-state index contributed by atoms with van der Waals surface area (Å²) in [5, 5.41) is 11.2. The average Bonchev–Trinajstić information content (AvgIpc) is 1.96. The Bertz CT molecular complexity index is 212. The molecule has 0 unspecified atom stereocenters. The van der Waals surface area contributed by atoms with Crippen molar-refractivity contribution in [3.8, 4) is 6.07 Å². The maximum absolute atomic E-state index is 11.4. The second-order valence-corrected chi connectivity index (χ2v) is 3.85. The third-order valence-electron chi connectivity index (χ3n) is 1.41. The van der Waals surface area contributed by atoms with Gasteiger partial charge in [-0.25, -0.2) is 4.79 Å². The van der Waals surface area contributed by atoms with Crippen LogP contribution in [0.25, 0.3) is 0 Å². The molecule has 0 atom stereocenters. The monoisotopic (exact) mass is 183 g/mol. The van der Waals surface area contributed by atoms with Gasteiger partial charge >= 0.3 is 6.03 Å². The lowest BCUT2D eigenvalue weighted by Gasteiger charge is -2.25. The van der Waals surface area contributed by atoms with Crippen molar-refractivity contribution in [2.24, 2.45) is 0 Å². The van der Waals surface area contributed by atoms with Crippen LogP contribution in [0.1, 0.15) is 27.7 Å². The van der Waals surface area contributed by atoms with Crippen molar-refractivity contribution in [1.29, 1.82) is 5.26 Å². The second-order valence-electron chi connectivity index (χ2n) is 3.85. The van der Waals surface area contributed by atoms with E-state index in [1.807, 2.05) is 33.8 Å². The number of nitrogens with one attached hydrogen (secondary N) is 1. The molecule has 0 aromatic carbocycles. The third kappa shape index (κ3) is 5.07. The number of rotatable bonds is 2. The largest absolute Gasteiger partial charge is 0.333 e. The van der Waals surface area contributed by atoms with Crippen LogP contribution in [0.15, 0.2) is 0 Å². The number of amides is 2. The van der Waals surface area contributed by atoms with Crippen molar-refractivity contribution in [1.82, 2.24) is 10.2 Å². The van der Waals surface area contributed by atoms with Crippen LogP contribution in [0, 0.1) is 11.3 Å². The predicted octanol–water partition coefficient (Wildman–Crippen LogP) is 1.34. The second kappa shape index (κ2) is 4.70. The Morgan fingerprint density at radius 1 is 1.54 bits per heavy atom. The van der Waals surface area contributed by atoms with Crippen LogP contribution in [0.4, 0.5) is 4.79 Å². The summed E-state index contributed by atoms with van der Waals surface area (Å²) in [6.07, 6.45) is 0. The average molecular weight is 183 g/mol. The molecule has 74 valence electrons. The summed E-state index contributed by atoms with van der Waals surface area (Å²) in [5.74, 6) is 0. The summed E-state index contributed by atoms with van der Waals surface area (Å²) in [5.41, 5.74) is -0.250. The Balaban J connectivity index is 4.16. The molecule has 13 heavy (non-hydrogen) atoms. The number of nitriles is 1. The lowest BCUT2D eigenvalue weighted by Crippen LogP contribution is -2.48. The molecule has 0 fully saturated rings. The van der Waals surface area contributed by atoms with Gasteiger partial charge in [0.05, 0.1) is 6.07 Å². The van der Waals surface area contributed by atoms with Crippen molar-refractivity contribution in [3.05, 3.63) is 0 Å². The fourth-order valence-electron chi connectivity index (χ4n) is 0.812. The van der Waals surface area contributed by atoms with Gasteiger partial charge in [0.25, 0.3) is 0 Å². The van der Waals surface area contributed by atoms with Crippen LogP contribution >= 0.6 is 0 Å². The number of hydrogen-bond acceptors (Lipinski definition) is 2. The van der Waals surface area contributed by atoms with Crippen LogP contribution < -0.4 is 5.32 Å². The lowest BCUT2D eigenvalue weighted by atomic mass is 10.1. The molecule has 1 N–H and O–H groups in total. The Morgan fingerprint density at radius 3 is 2.38 bits per heavy atom. The van der Waals surface area contributed by atoms with Gasteiger partial charge in [-0.2, -0.15) is 5.26 Å². The van der Waals surface area contributed by atoms with Crippen LogP contribution in [0.3, 0.4) is 0 Å². The van der Waals surface area contributed by atoms with Gasteiger partial charge in [-0.15, -0.1) is 0 Å². The van der Waals surface area contributed by atoms with E-state index < -0.39 is 0 Å². The predicted molar refractivity (Wildman–Crippen MR) is 51.1 cm³/mol. The van der Waals surface area contributed by atoms with Gasteiger partial charge in [0.1, 0.15) is 6.54 Å². The first-order chi connectivity index (χ1) is 5.90.